The molecule has 0 saturated carbocycles. The third kappa shape index (κ3) is 5.36. The number of halogens is 5. The van der Waals surface area contributed by atoms with Gasteiger partial charge in [0, 0.05) is 49.2 Å². The van der Waals surface area contributed by atoms with E-state index in [1.54, 1.807) is 4.90 Å². The minimum atomic E-state index is -4.34. The Hall–Kier alpha value is -1.84. The first-order chi connectivity index (χ1) is 13.2. The number of nitrogens with zero attached hydrogens (tertiary/aromatic N) is 3. The number of pyridine rings is 1. The minimum Gasteiger partial charge on any atom is -0.365 e. The summed E-state index contributed by atoms with van der Waals surface area (Å²) in [6.07, 6.45) is 3.03. The Morgan fingerprint density at radius 2 is 1.61 bits per heavy atom. The van der Waals surface area contributed by atoms with E-state index in [0.29, 0.717) is 47.6 Å². The summed E-state index contributed by atoms with van der Waals surface area (Å²) in [5, 5.41) is 3.59. The molecule has 28 heavy (non-hydrogen) atoms. The number of carbonyl (C=O) groups excluding carboxylic acids is 1. The molecule has 0 bridgehead atoms. The van der Waals surface area contributed by atoms with Gasteiger partial charge in [0.15, 0.2) is 0 Å². The van der Waals surface area contributed by atoms with Gasteiger partial charge in [-0.2, -0.15) is 13.2 Å². The number of aromatic nitrogens is 1. The normalized spacial score (nSPS) is 14.9. The first kappa shape index (κ1) is 20.9. The molecule has 1 aromatic carbocycles. The molecule has 3 rings (SSSR count). The Morgan fingerprint density at radius 1 is 1.04 bits per heavy atom. The third-order valence-corrected chi connectivity index (χ3v) is 5.34. The summed E-state index contributed by atoms with van der Waals surface area (Å²) in [4.78, 5) is 20.0. The molecule has 2 amide bonds. The zero-order valence-electron chi connectivity index (χ0n) is 14.3. The summed E-state index contributed by atoms with van der Waals surface area (Å²) in [5.74, 6) is 0. The second-order valence-corrected chi connectivity index (χ2v) is 7.88. The summed E-state index contributed by atoms with van der Waals surface area (Å²) in [6, 6.07) is 5.21. The number of hydrogen-bond acceptors (Lipinski definition) is 4. The van der Waals surface area contributed by atoms with Crippen molar-refractivity contribution in [3.63, 3.8) is 0 Å². The van der Waals surface area contributed by atoms with Crippen LogP contribution >= 0.6 is 35.0 Å². The quantitative estimate of drug-likeness (QED) is 0.639. The lowest BCUT2D eigenvalue weighted by Gasteiger charge is -2.36. The van der Waals surface area contributed by atoms with Gasteiger partial charge in [-0.1, -0.05) is 23.2 Å². The van der Waals surface area contributed by atoms with E-state index >= 15 is 0 Å². The van der Waals surface area contributed by atoms with Crippen molar-refractivity contribution in [1.82, 2.24) is 9.88 Å². The van der Waals surface area contributed by atoms with Crippen LogP contribution in [0.2, 0.25) is 10.0 Å². The second kappa shape index (κ2) is 8.67. The first-order valence-corrected chi connectivity index (χ1v) is 9.76. The maximum atomic E-state index is 12.4. The van der Waals surface area contributed by atoms with Crippen molar-refractivity contribution < 1.29 is 18.0 Å². The molecule has 0 aliphatic carbocycles. The lowest BCUT2D eigenvalue weighted by atomic mass is 10.2. The average molecular weight is 451 g/mol. The SMILES string of the molecule is O=C(Nc1ccc(SC(F)(F)F)cc1)N1CCN(c2c(Cl)cncc2Cl)CC1. The molecule has 1 aromatic heterocycles. The number of anilines is 2. The van der Waals surface area contributed by atoms with E-state index in [-0.39, 0.29) is 22.7 Å². The van der Waals surface area contributed by atoms with Gasteiger partial charge in [-0.05, 0) is 36.0 Å². The molecule has 2 aromatic rings. The lowest BCUT2D eigenvalue weighted by molar-refractivity contribution is -0.0328. The molecule has 2 heterocycles. The molecule has 1 saturated heterocycles. The summed E-state index contributed by atoms with van der Waals surface area (Å²) in [7, 11) is 0. The zero-order valence-corrected chi connectivity index (χ0v) is 16.7. The average Bonchev–Trinajstić information content (AvgIpc) is 2.62. The molecule has 150 valence electrons. The molecule has 0 spiro atoms. The molecular formula is C17H15Cl2F3N4OS. The van der Waals surface area contributed by atoms with Crippen LogP contribution in [-0.4, -0.2) is 47.6 Å². The number of amides is 2. The highest BCUT2D eigenvalue weighted by Gasteiger charge is 2.29. The first-order valence-electron chi connectivity index (χ1n) is 8.18. The van der Waals surface area contributed by atoms with Gasteiger partial charge in [-0.25, -0.2) is 4.79 Å². The molecule has 5 nitrogen and oxygen atoms in total. The van der Waals surface area contributed by atoms with Crippen LogP contribution in [0.15, 0.2) is 41.6 Å². The summed E-state index contributed by atoms with van der Waals surface area (Å²) >= 11 is 12.1. The van der Waals surface area contributed by atoms with Crippen molar-refractivity contribution >= 4 is 52.4 Å². The number of rotatable bonds is 3. The number of piperazine rings is 1. The third-order valence-electron chi connectivity index (χ3n) is 4.05. The molecule has 1 aliphatic rings. The van der Waals surface area contributed by atoms with Crippen molar-refractivity contribution in [3.05, 3.63) is 46.7 Å². The molecule has 1 aliphatic heterocycles. The fourth-order valence-electron chi connectivity index (χ4n) is 2.78. The van der Waals surface area contributed by atoms with Crippen LogP contribution in [0.4, 0.5) is 29.3 Å². The van der Waals surface area contributed by atoms with Gasteiger partial charge >= 0.3 is 11.5 Å². The topological polar surface area (TPSA) is 48.5 Å². The molecule has 11 heteroatoms. The fourth-order valence-corrected chi connectivity index (χ4v) is 3.93. The lowest BCUT2D eigenvalue weighted by Crippen LogP contribution is -2.50. The Bertz CT molecular complexity index is 823. The summed E-state index contributed by atoms with van der Waals surface area (Å²) in [5.41, 5.74) is -3.22. The standard InChI is InChI=1S/C17H15Cl2F3N4OS/c18-13-9-23-10-14(19)15(13)25-5-7-26(8-6-25)16(27)24-11-1-3-12(4-2-11)28-17(20,21)22/h1-4,9-10H,5-8H2,(H,24,27). The zero-order chi connectivity index (χ0) is 20.3. The predicted molar refractivity (Wildman–Crippen MR) is 105 cm³/mol. The predicted octanol–water partition coefficient (Wildman–Crippen LogP) is 5.35. The molecule has 0 radical (unpaired) electrons. The van der Waals surface area contributed by atoms with Crippen LogP contribution in [0.5, 0.6) is 0 Å². The van der Waals surface area contributed by atoms with Gasteiger partial charge in [-0.3, -0.25) is 4.98 Å². The van der Waals surface area contributed by atoms with Crippen LogP contribution in [0.25, 0.3) is 0 Å². The van der Waals surface area contributed by atoms with Crippen molar-refractivity contribution in [1.29, 1.82) is 0 Å². The van der Waals surface area contributed by atoms with E-state index in [4.69, 9.17) is 23.2 Å². The van der Waals surface area contributed by atoms with E-state index in [1.165, 1.54) is 36.7 Å². The van der Waals surface area contributed by atoms with Gasteiger partial charge in [0.1, 0.15) is 0 Å². The number of alkyl halides is 3. The smallest absolute Gasteiger partial charge is 0.365 e. The Balaban J connectivity index is 1.55. The van der Waals surface area contributed by atoms with Crippen molar-refractivity contribution in [2.75, 3.05) is 36.4 Å². The van der Waals surface area contributed by atoms with Crippen LogP contribution in [-0.2, 0) is 0 Å². The van der Waals surface area contributed by atoms with Crippen LogP contribution in [0.1, 0.15) is 0 Å². The maximum absolute atomic E-state index is 12.4. The van der Waals surface area contributed by atoms with Gasteiger partial charge in [0.2, 0.25) is 0 Å². The van der Waals surface area contributed by atoms with Crippen molar-refractivity contribution in [2.45, 2.75) is 10.4 Å². The van der Waals surface area contributed by atoms with E-state index in [0.717, 1.165) is 0 Å². The summed E-state index contributed by atoms with van der Waals surface area (Å²) < 4.78 is 37.1. The number of nitrogens with one attached hydrogen (secondary N) is 1. The van der Waals surface area contributed by atoms with E-state index < -0.39 is 5.51 Å². The summed E-state index contributed by atoms with van der Waals surface area (Å²) in [6.45, 7) is 1.97. The van der Waals surface area contributed by atoms with E-state index in [9.17, 15) is 18.0 Å². The fraction of sp³-hybridized carbons (Fsp3) is 0.294. The van der Waals surface area contributed by atoms with Gasteiger partial charge < -0.3 is 15.1 Å². The second-order valence-electron chi connectivity index (χ2n) is 5.93. The van der Waals surface area contributed by atoms with Gasteiger partial charge in [0.05, 0.1) is 15.7 Å². The Morgan fingerprint density at radius 3 is 2.14 bits per heavy atom. The highest BCUT2D eigenvalue weighted by atomic mass is 35.5. The largest absolute Gasteiger partial charge is 0.446 e. The van der Waals surface area contributed by atoms with Gasteiger partial charge in [0.25, 0.3) is 0 Å². The molecule has 0 atom stereocenters. The molecular weight excluding hydrogens is 436 g/mol. The number of benzene rings is 1. The van der Waals surface area contributed by atoms with Crippen LogP contribution in [0.3, 0.4) is 0 Å². The highest BCUT2D eigenvalue weighted by molar-refractivity contribution is 8.00. The number of carbonyl (C=O) groups is 1. The molecule has 1 N–H and O–H groups in total. The van der Waals surface area contributed by atoms with Crippen LogP contribution in [0, 0.1) is 0 Å². The Kier molecular flexibility index (Phi) is 6.47. The van der Waals surface area contributed by atoms with E-state index in [2.05, 4.69) is 10.3 Å². The molecule has 1 fully saturated rings. The molecule has 0 unspecified atom stereocenters. The Labute approximate surface area is 173 Å². The number of hydrogen-bond donors (Lipinski definition) is 1. The number of urea groups is 1. The van der Waals surface area contributed by atoms with Gasteiger partial charge in [-0.15, -0.1) is 0 Å². The monoisotopic (exact) mass is 450 g/mol. The minimum absolute atomic E-state index is 0.0604. The van der Waals surface area contributed by atoms with Crippen molar-refractivity contribution in [2.24, 2.45) is 0 Å². The highest BCUT2D eigenvalue weighted by Crippen LogP contribution is 2.37. The van der Waals surface area contributed by atoms with Crippen LogP contribution < -0.4 is 10.2 Å². The maximum Gasteiger partial charge on any atom is 0.446 e. The number of thioether (sulfide) groups is 1. The van der Waals surface area contributed by atoms with Crippen molar-refractivity contribution in [3.8, 4) is 0 Å². The van der Waals surface area contributed by atoms with E-state index in [1.807, 2.05) is 4.90 Å².